The number of hydrogen-bond donors (Lipinski definition) is 3. The molecule has 3 aromatic rings. The van der Waals surface area contributed by atoms with E-state index in [1.54, 1.807) is 6.33 Å². The second kappa shape index (κ2) is 9.37. The Labute approximate surface area is 183 Å². The lowest BCUT2D eigenvalue weighted by Crippen LogP contribution is -2.51. The van der Waals surface area contributed by atoms with Gasteiger partial charge in [0.1, 0.15) is 23.8 Å². The summed E-state index contributed by atoms with van der Waals surface area (Å²) in [6.45, 7) is 8.08. The van der Waals surface area contributed by atoms with E-state index in [0.29, 0.717) is 5.92 Å². The van der Waals surface area contributed by atoms with Crippen LogP contribution in [0.1, 0.15) is 51.5 Å². The zero-order valence-electron chi connectivity index (χ0n) is 18.6. The highest BCUT2D eigenvalue weighted by Gasteiger charge is 2.26. The summed E-state index contributed by atoms with van der Waals surface area (Å²) in [7, 11) is 0. The maximum Gasteiger partial charge on any atom is 0.242 e. The summed E-state index contributed by atoms with van der Waals surface area (Å²) in [4.78, 5) is 27.3. The molecule has 1 aliphatic heterocycles. The Morgan fingerprint density at radius 2 is 2.10 bits per heavy atom. The fourth-order valence-corrected chi connectivity index (χ4v) is 4.37. The highest BCUT2D eigenvalue weighted by Crippen LogP contribution is 2.26. The van der Waals surface area contributed by atoms with E-state index in [-0.39, 0.29) is 18.0 Å². The first-order valence-electron chi connectivity index (χ1n) is 11.3. The Morgan fingerprint density at radius 1 is 1.26 bits per heavy atom. The number of hydrogen-bond acceptors (Lipinski definition) is 5. The molecule has 3 heterocycles. The van der Waals surface area contributed by atoms with Gasteiger partial charge in [0.25, 0.3) is 0 Å². The third kappa shape index (κ3) is 4.65. The topological polar surface area (TPSA) is 85.9 Å². The number of H-pyrrole nitrogens is 1. The predicted octanol–water partition coefficient (Wildman–Crippen LogP) is 4.06. The van der Waals surface area contributed by atoms with E-state index in [2.05, 4.69) is 56.5 Å². The molecule has 1 aliphatic rings. The van der Waals surface area contributed by atoms with Crippen LogP contribution in [0.5, 0.6) is 0 Å². The van der Waals surface area contributed by atoms with Crippen molar-refractivity contribution in [1.29, 1.82) is 0 Å². The molecule has 1 saturated heterocycles. The Hall–Kier alpha value is -3.09. The molecule has 0 aliphatic carbocycles. The normalized spacial score (nSPS) is 17.7. The molecular weight excluding hydrogens is 388 g/mol. The predicted molar refractivity (Wildman–Crippen MR) is 125 cm³/mol. The maximum atomic E-state index is 13.1. The molecule has 31 heavy (non-hydrogen) atoms. The molecule has 0 bridgehead atoms. The molecule has 0 radical (unpaired) electrons. The molecule has 1 amide bonds. The van der Waals surface area contributed by atoms with Crippen LogP contribution in [0.2, 0.25) is 0 Å². The highest BCUT2D eigenvalue weighted by molar-refractivity contribution is 5.88. The number of piperidine rings is 1. The number of aromatic amines is 1. The van der Waals surface area contributed by atoms with E-state index in [4.69, 9.17) is 0 Å². The number of aromatic nitrogens is 3. The summed E-state index contributed by atoms with van der Waals surface area (Å²) in [5, 5.41) is 7.79. The molecule has 0 unspecified atom stereocenters. The molecule has 7 nitrogen and oxygen atoms in total. The van der Waals surface area contributed by atoms with Crippen LogP contribution in [0.15, 0.2) is 42.9 Å². The summed E-state index contributed by atoms with van der Waals surface area (Å²) in [5.74, 6) is 1.39. The van der Waals surface area contributed by atoms with Gasteiger partial charge in [-0.05, 0) is 42.9 Å². The third-order valence-corrected chi connectivity index (χ3v) is 6.04. The van der Waals surface area contributed by atoms with Crippen LogP contribution in [0, 0.1) is 0 Å². The van der Waals surface area contributed by atoms with E-state index >= 15 is 0 Å². The number of rotatable bonds is 7. The summed E-state index contributed by atoms with van der Waals surface area (Å²) >= 11 is 0. The standard InChI is InChI=1S/C24H32N6O/c1-4-20(29-21-10-6-5-9-18(21)16(2)3)24(31)28-17-8-7-13-30(14-17)23-19-11-12-25-22(19)26-15-27-23/h5-6,9-12,15-17,20,29H,4,7-8,13-14H2,1-3H3,(H,28,31)(H,25,26,27)/t17-,20-/m1/s1. The monoisotopic (exact) mass is 420 g/mol. The number of para-hydroxylation sites is 1. The minimum Gasteiger partial charge on any atom is -0.373 e. The number of fused-ring (bicyclic) bond motifs is 1. The van der Waals surface area contributed by atoms with E-state index in [1.165, 1.54) is 5.56 Å². The molecule has 2 aromatic heterocycles. The van der Waals surface area contributed by atoms with Crippen molar-refractivity contribution in [2.45, 2.75) is 58.0 Å². The van der Waals surface area contributed by atoms with Gasteiger partial charge in [-0.15, -0.1) is 0 Å². The summed E-state index contributed by atoms with van der Waals surface area (Å²) in [5.41, 5.74) is 3.12. The van der Waals surface area contributed by atoms with Crippen molar-refractivity contribution in [3.05, 3.63) is 48.4 Å². The zero-order chi connectivity index (χ0) is 21.8. The van der Waals surface area contributed by atoms with Crippen LogP contribution >= 0.6 is 0 Å². The minimum atomic E-state index is -0.259. The Balaban J connectivity index is 1.43. The first-order chi connectivity index (χ1) is 15.1. The Morgan fingerprint density at radius 3 is 2.90 bits per heavy atom. The van der Waals surface area contributed by atoms with E-state index in [9.17, 15) is 4.79 Å². The van der Waals surface area contributed by atoms with Gasteiger partial charge in [0.05, 0.1) is 5.39 Å². The summed E-state index contributed by atoms with van der Waals surface area (Å²) in [6.07, 6.45) is 6.20. The smallest absolute Gasteiger partial charge is 0.242 e. The average molecular weight is 421 g/mol. The van der Waals surface area contributed by atoms with Gasteiger partial charge < -0.3 is 20.5 Å². The highest BCUT2D eigenvalue weighted by atomic mass is 16.2. The number of nitrogens with zero attached hydrogens (tertiary/aromatic N) is 3. The molecule has 3 N–H and O–H groups in total. The second-order valence-corrected chi connectivity index (χ2v) is 8.58. The van der Waals surface area contributed by atoms with Crippen molar-refractivity contribution in [2.24, 2.45) is 0 Å². The number of carbonyl (C=O) groups excluding carboxylic acids is 1. The molecule has 164 valence electrons. The SMILES string of the molecule is CC[C@@H](Nc1ccccc1C(C)C)C(=O)N[C@@H]1CCCN(c2ncnc3[nH]ccc23)C1. The molecule has 7 heteroatoms. The number of anilines is 2. The van der Waals surface area contributed by atoms with Gasteiger partial charge in [-0.1, -0.05) is 39.0 Å². The van der Waals surface area contributed by atoms with Crippen LogP contribution in [0.3, 0.4) is 0 Å². The average Bonchev–Trinajstić information content (AvgIpc) is 3.26. The molecule has 0 spiro atoms. The molecule has 2 atom stereocenters. The lowest BCUT2D eigenvalue weighted by Gasteiger charge is -2.35. The fraction of sp³-hybridized carbons (Fsp3) is 0.458. The van der Waals surface area contributed by atoms with Crippen LogP contribution in [0.4, 0.5) is 11.5 Å². The number of nitrogens with one attached hydrogen (secondary N) is 3. The van der Waals surface area contributed by atoms with Crippen molar-refractivity contribution in [3.63, 3.8) is 0 Å². The van der Waals surface area contributed by atoms with Crippen molar-refractivity contribution >= 4 is 28.4 Å². The lowest BCUT2D eigenvalue weighted by molar-refractivity contribution is -0.122. The van der Waals surface area contributed by atoms with E-state index < -0.39 is 0 Å². The van der Waals surface area contributed by atoms with Gasteiger partial charge in [-0.2, -0.15) is 0 Å². The van der Waals surface area contributed by atoms with Gasteiger partial charge in [-0.3, -0.25) is 4.79 Å². The van der Waals surface area contributed by atoms with Crippen LogP contribution in [0.25, 0.3) is 11.0 Å². The zero-order valence-corrected chi connectivity index (χ0v) is 18.6. The second-order valence-electron chi connectivity index (χ2n) is 8.58. The lowest BCUT2D eigenvalue weighted by atomic mass is 10.00. The van der Waals surface area contributed by atoms with Crippen molar-refractivity contribution in [3.8, 4) is 0 Å². The first-order valence-corrected chi connectivity index (χ1v) is 11.3. The Kier molecular flexibility index (Phi) is 6.39. The van der Waals surface area contributed by atoms with Crippen molar-refractivity contribution in [2.75, 3.05) is 23.3 Å². The molecular formula is C24H32N6O. The molecule has 1 fully saturated rings. The molecule has 1 aromatic carbocycles. The van der Waals surface area contributed by atoms with Crippen molar-refractivity contribution in [1.82, 2.24) is 20.3 Å². The van der Waals surface area contributed by atoms with Gasteiger partial charge in [0, 0.05) is 31.0 Å². The van der Waals surface area contributed by atoms with Gasteiger partial charge in [-0.25, -0.2) is 9.97 Å². The van der Waals surface area contributed by atoms with Crippen LogP contribution in [-0.2, 0) is 4.79 Å². The number of benzene rings is 1. The Bertz CT molecular complexity index is 1030. The fourth-order valence-electron chi connectivity index (χ4n) is 4.37. The van der Waals surface area contributed by atoms with E-state index in [0.717, 1.165) is 54.9 Å². The number of amides is 1. The third-order valence-electron chi connectivity index (χ3n) is 6.04. The summed E-state index contributed by atoms with van der Waals surface area (Å²) in [6, 6.07) is 10.1. The number of carbonyl (C=O) groups is 1. The molecule has 0 saturated carbocycles. The largest absolute Gasteiger partial charge is 0.373 e. The van der Waals surface area contributed by atoms with Gasteiger partial charge >= 0.3 is 0 Å². The van der Waals surface area contributed by atoms with Crippen LogP contribution < -0.4 is 15.5 Å². The van der Waals surface area contributed by atoms with Gasteiger partial charge in [0.2, 0.25) is 5.91 Å². The quantitative estimate of drug-likeness (QED) is 0.537. The molecule has 4 rings (SSSR count). The van der Waals surface area contributed by atoms with Gasteiger partial charge in [0.15, 0.2) is 0 Å². The van der Waals surface area contributed by atoms with Crippen LogP contribution in [-0.4, -0.2) is 46.0 Å². The summed E-state index contributed by atoms with van der Waals surface area (Å²) < 4.78 is 0. The van der Waals surface area contributed by atoms with E-state index in [1.807, 2.05) is 31.3 Å². The minimum absolute atomic E-state index is 0.0578. The first kappa shape index (κ1) is 21.2. The van der Waals surface area contributed by atoms with Crippen molar-refractivity contribution < 1.29 is 4.79 Å². The maximum absolute atomic E-state index is 13.1.